The van der Waals surface area contributed by atoms with Gasteiger partial charge in [-0.3, -0.25) is 4.79 Å². The Balaban J connectivity index is 2.38. The maximum absolute atomic E-state index is 12.0. The summed E-state index contributed by atoms with van der Waals surface area (Å²) in [5.41, 5.74) is 0.0826. The van der Waals surface area contributed by atoms with Gasteiger partial charge < -0.3 is 19.9 Å². The number of morpholine rings is 1. The van der Waals surface area contributed by atoms with Crippen LogP contribution in [0, 0.1) is 0 Å². The lowest BCUT2D eigenvalue weighted by Crippen LogP contribution is -2.52. The lowest BCUT2D eigenvalue weighted by Gasteiger charge is -2.35. The molecule has 18 heavy (non-hydrogen) atoms. The molecule has 0 aromatic carbocycles. The van der Waals surface area contributed by atoms with E-state index in [9.17, 15) is 4.79 Å². The number of hydrogen-bond donors (Lipinski definition) is 1. The summed E-state index contributed by atoms with van der Waals surface area (Å²) in [6, 6.07) is 0. The molecule has 1 rings (SSSR count). The van der Waals surface area contributed by atoms with Gasteiger partial charge in [0.15, 0.2) is 0 Å². The van der Waals surface area contributed by atoms with E-state index in [1.807, 2.05) is 23.9 Å². The first kappa shape index (κ1) is 15.4. The first-order chi connectivity index (χ1) is 8.28. The molecule has 1 atom stereocenters. The van der Waals surface area contributed by atoms with Crippen molar-refractivity contribution in [2.45, 2.75) is 32.4 Å². The fourth-order valence-electron chi connectivity index (χ4n) is 1.86. The Bertz CT molecular complexity index is 274. The summed E-state index contributed by atoms with van der Waals surface area (Å²) >= 11 is 0. The minimum absolute atomic E-state index is 0.0826. The zero-order chi connectivity index (χ0) is 13.8. The monoisotopic (exact) mass is 257 g/mol. The van der Waals surface area contributed by atoms with Gasteiger partial charge in [-0.15, -0.1) is 0 Å². The molecule has 1 amide bonds. The van der Waals surface area contributed by atoms with E-state index in [2.05, 4.69) is 26.1 Å². The fraction of sp³-hybridized carbons (Fsp3) is 0.923. The van der Waals surface area contributed by atoms with E-state index >= 15 is 0 Å². The van der Waals surface area contributed by atoms with E-state index in [1.54, 1.807) is 0 Å². The second-order valence-corrected chi connectivity index (χ2v) is 6.20. The van der Waals surface area contributed by atoms with Crippen molar-refractivity contribution in [3.63, 3.8) is 0 Å². The van der Waals surface area contributed by atoms with Crippen molar-refractivity contribution in [3.8, 4) is 0 Å². The van der Waals surface area contributed by atoms with E-state index in [-0.39, 0.29) is 17.6 Å². The van der Waals surface area contributed by atoms with Gasteiger partial charge in [0.25, 0.3) is 0 Å². The van der Waals surface area contributed by atoms with Crippen LogP contribution in [0.3, 0.4) is 0 Å². The van der Waals surface area contributed by atoms with Crippen LogP contribution in [0.5, 0.6) is 0 Å². The van der Waals surface area contributed by atoms with Crippen LogP contribution < -0.4 is 5.32 Å². The average molecular weight is 257 g/mol. The number of nitrogens with one attached hydrogen (secondary N) is 1. The second kappa shape index (κ2) is 6.50. The molecule has 1 fully saturated rings. The summed E-state index contributed by atoms with van der Waals surface area (Å²) in [6.07, 6.45) is 0.101. The third-order valence-electron chi connectivity index (χ3n) is 2.80. The van der Waals surface area contributed by atoms with Gasteiger partial charge in [0, 0.05) is 25.2 Å². The largest absolute Gasteiger partial charge is 0.373 e. The lowest BCUT2D eigenvalue weighted by molar-refractivity contribution is -0.139. The van der Waals surface area contributed by atoms with E-state index in [1.165, 1.54) is 0 Å². The van der Waals surface area contributed by atoms with Crippen LogP contribution in [0.4, 0.5) is 0 Å². The molecule has 5 nitrogen and oxygen atoms in total. The second-order valence-electron chi connectivity index (χ2n) is 6.20. The van der Waals surface area contributed by atoms with Crippen molar-refractivity contribution in [3.05, 3.63) is 0 Å². The maximum atomic E-state index is 12.0. The first-order valence-electron chi connectivity index (χ1n) is 6.57. The number of likely N-dealkylation sites (N-methyl/N-ethyl adjacent to an activating group) is 1. The number of amides is 1. The SMILES string of the molecule is CN(C)CC(=O)N1CCO[C@H](CNC(C)(C)C)C1. The summed E-state index contributed by atoms with van der Waals surface area (Å²) in [4.78, 5) is 15.8. The number of ether oxygens (including phenoxy) is 1. The zero-order valence-electron chi connectivity index (χ0n) is 12.3. The summed E-state index contributed by atoms with van der Waals surface area (Å²) < 4.78 is 5.69. The van der Waals surface area contributed by atoms with Gasteiger partial charge in [-0.1, -0.05) is 0 Å². The van der Waals surface area contributed by atoms with Crippen molar-refractivity contribution < 1.29 is 9.53 Å². The highest BCUT2D eigenvalue weighted by atomic mass is 16.5. The molecule has 0 spiro atoms. The van der Waals surface area contributed by atoms with Crippen molar-refractivity contribution in [1.82, 2.24) is 15.1 Å². The molecule has 0 radical (unpaired) electrons. The molecule has 0 saturated carbocycles. The number of carbonyl (C=O) groups excluding carboxylic acids is 1. The van der Waals surface area contributed by atoms with Crippen LogP contribution in [-0.4, -0.2) is 74.2 Å². The summed E-state index contributed by atoms with van der Waals surface area (Å²) in [5, 5.41) is 3.42. The van der Waals surface area contributed by atoms with Gasteiger partial charge in [-0.25, -0.2) is 0 Å². The third-order valence-corrected chi connectivity index (χ3v) is 2.80. The molecule has 0 aliphatic carbocycles. The zero-order valence-corrected chi connectivity index (χ0v) is 12.3. The Morgan fingerprint density at radius 2 is 2.11 bits per heavy atom. The number of nitrogens with zero attached hydrogens (tertiary/aromatic N) is 2. The molecular formula is C13H27N3O2. The third kappa shape index (κ3) is 5.80. The summed E-state index contributed by atoms with van der Waals surface area (Å²) in [5.74, 6) is 0.184. The topological polar surface area (TPSA) is 44.8 Å². The average Bonchev–Trinajstić information content (AvgIpc) is 2.25. The predicted octanol–water partition coefficient (Wildman–Crippen LogP) is 0.164. The minimum Gasteiger partial charge on any atom is -0.373 e. The molecule has 0 aromatic rings. The molecule has 1 saturated heterocycles. The predicted molar refractivity (Wildman–Crippen MR) is 72.6 cm³/mol. The van der Waals surface area contributed by atoms with Gasteiger partial charge >= 0.3 is 0 Å². The molecule has 0 unspecified atom stereocenters. The van der Waals surface area contributed by atoms with E-state index < -0.39 is 0 Å². The molecule has 0 bridgehead atoms. The molecule has 5 heteroatoms. The van der Waals surface area contributed by atoms with Crippen LogP contribution in [0.2, 0.25) is 0 Å². The Morgan fingerprint density at radius 3 is 2.67 bits per heavy atom. The van der Waals surface area contributed by atoms with Crippen LogP contribution in [-0.2, 0) is 9.53 Å². The highest BCUT2D eigenvalue weighted by molar-refractivity contribution is 5.78. The van der Waals surface area contributed by atoms with Gasteiger partial charge in [0.2, 0.25) is 5.91 Å². The minimum atomic E-state index is 0.0826. The van der Waals surface area contributed by atoms with Gasteiger partial charge in [0.1, 0.15) is 0 Å². The Morgan fingerprint density at radius 1 is 1.44 bits per heavy atom. The molecule has 0 aromatic heterocycles. The molecule has 1 N–H and O–H groups in total. The lowest BCUT2D eigenvalue weighted by atomic mass is 10.1. The number of rotatable bonds is 4. The maximum Gasteiger partial charge on any atom is 0.236 e. The van der Waals surface area contributed by atoms with Crippen LogP contribution in [0.15, 0.2) is 0 Å². The smallest absolute Gasteiger partial charge is 0.236 e. The Hall–Kier alpha value is -0.650. The summed E-state index contributed by atoms with van der Waals surface area (Å²) in [6.45, 7) is 9.68. The Labute approximate surface area is 110 Å². The van der Waals surface area contributed by atoms with Gasteiger partial charge in [-0.05, 0) is 34.9 Å². The van der Waals surface area contributed by atoms with E-state index in [0.717, 1.165) is 6.54 Å². The quantitative estimate of drug-likeness (QED) is 0.779. The standard InChI is InChI=1S/C13H27N3O2/c1-13(2,3)14-8-11-9-16(6-7-18-11)12(17)10-15(4)5/h11,14H,6-10H2,1-5H3/t11-/m1/s1. The van der Waals surface area contributed by atoms with Crippen LogP contribution in [0.25, 0.3) is 0 Å². The molecule has 1 heterocycles. The molecular weight excluding hydrogens is 230 g/mol. The highest BCUT2D eigenvalue weighted by Gasteiger charge is 2.25. The van der Waals surface area contributed by atoms with Crippen molar-refractivity contribution in [1.29, 1.82) is 0 Å². The van der Waals surface area contributed by atoms with E-state index in [0.29, 0.717) is 26.2 Å². The normalized spacial score (nSPS) is 21.4. The van der Waals surface area contributed by atoms with Gasteiger partial charge in [0.05, 0.1) is 19.3 Å². The molecule has 1 aliphatic rings. The van der Waals surface area contributed by atoms with E-state index in [4.69, 9.17) is 4.74 Å². The number of hydrogen-bond acceptors (Lipinski definition) is 4. The Kier molecular flexibility index (Phi) is 5.56. The first-order valence-corrected chi connectivity index (χ1v) is 6.57. The van der Waals surface area contributed by atoms with Crippen molar-refractivity contribution in [2.75, 3.05) is 46.9 Å². The molecule has 1 aliphatic heterocycles. The van der Waals surface area contributed by atoms with Crippen molar-refractivity contribution >= 4 is 5.91 Å². The van der Waals surface area contributed by atoms with Crippen LogP contribution >= 0.6 is 0 Å². The highest BCUT2D eigenvalue weighted by Crippen LogP contribution is 2.07. The fourth-order valence-corrected chi connectivity index (χ4v) is 1.86. The van der Waals surface area contributed by atoms with Gasteiger partial charge in [-0.2, -0.15) is 0 Å². The molecule has 106 valence electrons. The van der Waals surface area contributed by atoms with Crippen LogP contribution in [0.1, 0.15) is 20.8 Å². The van der Waals surface area contributed by atoms with Crippen molar-refractivity contribution in [2.24, 2.45) is 0 Å². The number of carbonyl (C=O) groups is 1. The summed E-state index contributed by atoms with van der Waals surface area (Å²) in [7, 11) is 3.83.